The number of fused-ring (bicyclic) bond motifs is 1. The van der Waals surface area contributed by atoms with E-state index in [1.807, 2.05) is 24.3 Å². The van der Waals surface area contributed by atoms with Gasteiger partial charge in [0.2, 0.25) is 5.91 Å². The molecule has 2 aromatic rings. The van der Waals surface area contributed by atoms with Crippen LogP contribution >= 0.6 is 23.2 Å². The summed E-state index contributed by atoms with van der Waals surface area (Å²) in [5.74, 6) is -0.509. The molecule has 0 radical (unpaired) electrons. The smallest absolute Gasteiger partial charge is 0.251 e. The molecule has 23 heavy (non-hydrogen) atoms. The molecule has 0 fully saturated rings. The predicted molar refractivity (Wildman–Crippen MR) is 91.2 cm³/mol. The molecule has 3 rings (SSSR count). The quantitative estimate of drug-likeness (QED) is 0.881. The van der Waals surface area contributed by atoms with Crippen molar-refractivity contribution in [3.63, 3.8) is 0 Å². The van der Waals surface area contributed by atoms with E-state index in [9.17, 15) is 9.59 Å². The second kappa shape index (κ2) is 6.60. The minimum Gasteiger partial charge on any atom is -0.352 e. The van der Waals surface area contributed by atoms with E-state index in [2.05, 4.69) is 10.6 Å². The molecule has 4 nitrogen and oxygen atoms in total. The van der Waals surface area contributed by atoms with Gasteiger partial charge in [-0.25, -0.2) is 0 Å². The van der Waals surface area contributed by atoms with Crippen LogP contribution in [0.5, 0.6) is 0 Å². The molecule has 1 heterocycles. The maximum atomic E-state index is 12.1. The van der Waals surface area contributed by atoms with Crippen molar-refractivity contribution in [3.05, 3.63) is 63.6 Å². The van der Waals surface area contributed by atoms with Crippen molar-refractivity contribution < 1.29 is 9.59 Å². The van der Waals surface area contributed by atoms with Gasteiger partial charge in [0, 0.05) is 17.8 Å². The van der Waals surface area contributed by atoms with Crippen LogP contribution in [0.25, 0.3) is 0 Å². The van der Waals surface area contributed by atoms with Crippen molar-refractivity contribution in [1.29, 1.82) is 0 Å². The molecule has 0 saturated heterocycles. The Kier molecular flexibility index (Phi) is 4.55. The largest absolute Gasteiger partial charge is 0.352 e. The fourth-order valence-corrected chi connectivity index (χ4v) is 2.93. The number of hydrogen-bond donors (Lipinski definition) is 2. The monoisotopic (exact) mass is 348 g/mol. The van der Waals surface area contributed by atoms with Gasteiger partial charge in [-0.05, 0) is 36.2 Å². The third kappa shape index (κ3) is 3.33. The summed E-state index contributed by atoms with van der Waals surface area (Å²) in [7, 11) is 0. The van der Waals surface area contributed by atoms with Gasteiger partial charge in [0.05, 0.1) is 16.0 Å². The molecular formula is C17H14Cl2N2O2. The van der Waals surface area contributed by atoms with Crippen LogP contribution in [0, 0.1) is 0 Å². The summed E-state index contributed by atoms with van der Waals surface area (Å²) in [6.07, 6.45) is 0.538. The Balaban J connectivity index is 1.60. The lowest BCUT2D eigenvalue weighted by atomic mass is 9.97. The fraction of sp³-hybridized carbons (Fsp3) is 0.176. The van der Waals surface area contributed by atoms with Crippen molar-refractivity contribution in [2.45, 2.75) is 12.3 Å². The Hall–Kier alpha value is -2.04. The number of carbonyl (C=O) groups is 2. The first-order valence-corrected chi connectivity index (χ1v) is 7.95. The van der Waals surface area contributed by atoms with Crippen LogP contribution in [0.3, 0.4) is 0 Å². The summed E-state index contributed by atoms with van der Waals surface area (Å²) in [4.78, 5) is 24.1. The Morgan fingerprint density at radius 2 is 1.91 bits per heavy atom. The first-order valence-electron chi connectivity index (χ1n) is 7.19. The van der Waals surface area contributed by atoms with Gasteiger partial charge in [0.15, 0.2) is 0 Å². The van der Waals surface area contributed by atoms with E-state index >= 15 is 0 Å². The molecule has 2 aromatic carbocycles. The molecule has 1 aliphatic heterocycles. The number of nitrogens with one attached hydrogen (secondary N) is 2. The van der Waals surface area contributed by atoms with E-state index in [4.69, 9.17) is 23.2 Å². The molecule has 1 aliphatic rings. The van der Waals surface area contributed by atoms with Crippen LogP contribution in [0.2, 0.25) is 10.0 Å². The number of carbonyl (C=O) groups excluding carboxylic acids is 2. The highest BCUT2D eigenvalue weighted by Gasteiger charge is 2.29. The first kappa shape index (κ1) is 15.8. The van der Waals surface area contributed by atoms with Crippen LogP contribution in [-0.4, -0.2) is 18.4 Å². The average molecular weight is 349 g/mol. The molecule has 0 saturated carbocycles. The van der Waals surface area contributed by atoms with E-state index < -0.39 is 0 Å². The molecule has 0 aliphatic carbocycles. The summed E-state index contributed by atoms with van der Waals surface area (Å²) >= 11 is 11.7. The molecule has 118 valence electrons. The van der Waals surface area contributed by atoms with Gasteiger partial charge in [0.25, 0.3) is 5.91 Å². The van der Waals surface area contributed by atoms with Gasteiger partial charge >= 0.3 is 0 Å². The minimum atomic E-state index is -0.241. The summed E-state index contributed by atoms with van der Waals surface area (Å²) in [5.41, 5.74) is 2.26. The Bertz CT molecular complexity index is 777. The number of rotatable bonds is 4. The second-order valence-corrected chi connectivity index (χ2v) is 6.12. The predicted octanol–water partition coefficient (Wildman–Crippen LogP) is 3.85. The minimum absolute atomic E-state index is 0.0324. The zero-order valence-corrected chi connectivity index (χ0v) is 13.6. The normalized spacial score (nSPS) is 15.9. The highest BCUT2D eigenvalue weighted by atomic mass is 35.5. The van der Waals surface area contributed by atoms with Gasteiger partial charge in [0.1, 0.15) is 0 Å². The molecule has 2 amide bonds. The molecule has 0 bridgehead atoms. The lowest BCUT2D eigenvalue weighted by Gasteiger charge is -2.10. The van der Waals surface area contributed by atoms with Crippen LogP contribution in [0.1, 0.15) is 28.3 Å². The number of hydrogen-bond acceptors (Lipinski definition) is 2. The molecule has 1 atom stereocenters. The first-order chi connectivity index (χ1) is 11.1. The molecule has 2 N–H and O–H groups in total. The zero-order valence-electron chi connectivity index (χ0n) is 12.1. The van der Waals surface area contributed by atoms with Gasteiger partial charge in [-0.1, -0.05) is 41.4 Å². The van der Waals surface area contributed by atoms with Crippen molar-refractivity contribution >= 4 is 40.7 Å². The van der Waals surface area contributed by atoms with Crippen LogP contribution in [0.4, 0.5) is 5.69 Å². The SMILES string of the molecule is O=C(NCCC1C(=O)Nc2ccccc21)c1ccc(Cl)c(Cl)c1. The molecule has 0 aromatic heterocycles. The zero-order chi connectivity index (χ0) is 16.4. The van der Waals surface area contributed by atoms with Crippen molar-refractivity contribution in [1.82, 2.24) is 5.32 Å². The van der Waals surface area contributed by atoms with E-state index in [0.717, 1.165) is 11.3 Å². The van der Waals surface area contributed by atoms with Crippen LogP contribution < -0.4 is 10.6 Å². The number of amides is 2. The van der Waals surface area contributed by atoms with Gasteiger partial charge in [-0.3, -0.25) is 9.59 Å². The highest BCUT2D eigenvalue weighted by Crippen LogP contribution is 2.33. The van der Waals surface area contributed by atoms with Crippen molar-refractivity contribution in [2.24, 2.45) is 0 Å². The topological polar surface area (TPSA) is 58.2 Å². The van der Waals surface area contributed by atoms with E-state index in [1.165, 1.54) is 6.07 Å². The Labute approximate surface area is 143 Å². The third-order valence-electron chi connectivity index (χ3n) is 3.81. The summed E-state index contributed by atoms with van der Waals surface area (Å²) < 4.78 is 0. The average Bonchev–Trinajstić information content (AvgIpc) is 2.86. The Morgan fingerprint density at radius 1 is 1.13 bits per heavy atom. The molecule has 0 spiro atoms. The highest BCUT2D eigenvalue weighted by molar-refractivity contribution is 6.42. The summed E-state index contributed by atoms with van der Waals surface area (Å²) in [6, 6.07) is 12.3. The molecular weight excluding hydrogens is 335 g/mol. The van der Waals surface area contributed by atoms with Crippen LogP contribution in [-0.2, 0) is 4.79 Å². The Morgan fingerprint density at radius 3 is 2.70 bits per heavy atom. The summed E-state index contributed by atoms with van der Waals surface area (Å²) in [5, 5.41) is 6.39. The van der Waals surface area contributed by atoms with Gasteiger partial charge in [-0.2, -0.15) is 0 Å². The number of anilines is 1. The fourth-order valence-electron chi connectivity index (χ4n) is 2.63. The number of para-hydroxylation sites is 1. The standard InChI is InChI=1S/C17H14Cl2N2O2/c18-13-6-5-10(9-14(13)19)16(22)20-8-7-12-11-3-1-2-4-15(11)21-17(12)23/h1-6,9,12H,7-8H2,(H,20,22)(H,21,23). The lowest BCUT2D eigenvalue weighted by molar-refractivity contribution is -0.117. The maximum Gasteiger partial charge on any atom is 0.251 e. The van der Waals surface area contributed by atoms with Gasteiger partial charge < -0.3 is 10.6 Å². The van der Waals surface area contributed by atoms with E-state index in [-0.39, 0.29) is 17.7 Å². The van der Waals surface area contributed by atoms with E-state index in [1.54, 1.807) is 12.1 Å². The lowest BCUT2D eigenvalue weighted by Crippen LogP contribution is -2.27. The van der Waals surface area contributed by atoms with E-state index in [0.29, 0.717) is 28.6 Å². The molecule has 6 heteroatoms. The van der Waals surface area contributed by atoms with Gasteiger partial charge in [-0.15, -0.1) is 0 Å². The van der Waals surface area contributed by atoms with Crippen molar-refractivity contribution in [3.8, 4) is 0 Å². The summed E-state index contributed by atoms with van der Waals surface area (Å²) in [6.45, 7) is 0.394. The van der Waals surface area contributed by atoms with Crippen LogP contribution in [0.15, 0.2) is 42.5 Å². The number of halogens is 2. The van der Waals surface area contributed by atoms with Crippen molar-refractivity contribution in [2.75, 3.05) is 11.9 Å². The molecule has 1 unspecified atom stereocenters. The maximum absolute atomic E-state index is 12.1. The second-order valence-electron chi connectivity index (χ2n) is 5.30. The third-order valence-corrected chi connectivity index (χ3v) is 4.55. The number of benzene rings is 2.